The van der Waals surface area contributed by atoms with E-state index < -0.39 is 0 Å². The Labute approximate surface area is 108 Å². The van der Waals surface area contributed by atoms with Crippen molar-refractivity contribution in [2.24, 2.45) is 0 Å². The Morgan fingerprint density at radius 3 is 2.88 bits per heavy atom. The van der Waals surface area contributed by atoms with Gasteiger partial charge in [0.25, 0.3) is 0 Å². The van der Waals surface area contributed by atoms with Crippen LogP contribution in [0.4, 0.5) is 0 Å². The second-order valence-corrected chi connectivity index (χ2v) is 5.64. The van der Waals surface area contributed by atoms with Crippen LogP contribution < -0.4 is 0 Å². The predicted molar refractivity (Wildman–Crippen MR) is 71.4 cm³/mol. The van der Waals surface area contributed by atoms with Crippen molar-refractivity contribution in [2.75, 3.05) is 7.05 Å². The fraction of sp³-hybridized carbons (Fsp3) is 0.250. The van der Waals surface area contributed by atoms with Gasteiger partial charge in [0.05, 0.1) is 5.69 Å². The fourth-order valence-corrected chi connectivity index (χ4v) is 3.06. The summed E-state index contributed by atoms with van der Waals surface area (Å²) in [4.78, 5) is 7.95. The standard InChI is InChI=1S/C12H13BrN2S/c1-15(7-11-4-2-3-5-14-11)8-12-6-10(13)9-16-12/h2-6,9H,7-8H2,1H3. The Bertz CT molecular complexity index is 441. The molecule has 84 valence electrons. The molecule has 0 aliphatic carbocycles. The second-order valence-electron chi connectivity index (χ2n) is 3.72. The lowest BCUT2D eigenvalue weighted by molar-refractivity contribution is 0.318. The third kappa shape index (κ3) is 3.40. The molecule has 0 N–H and O–H groups in total. The van der Waals surface area contributed by atoms with Crippen LogP contribution in [0.1, 0.15) is 10.6 Å². The number of rotatable bonds is 4. The van der Waals surface area contributed by atoms with Crippen molar-refractivity contribution in [1.82, 2.24) is 9.88 Å². The lowest BCUT2D eigenvalue weighted by Crippen LogP contribution is -2.17. The molecule has 0 aromatic carbocycles. The molecule has 0 aliphatic heterocycles. The summed E-state index contributed by atoms with van der Waals surface area (Å²) in [5.74, 6) is 0. The van der Waals surface area contributed by atoms with Gasteiger partial charge in [0.2, 0.25) is 0 Å². The molecule has 0 spiro atoms. The average Bonchev–Trinajstić information content (AvgIpc) is 2.65. The minimum Gasteiger partial charge on any atom is -0.295 e. The summed E-state index contributed by atoms with van der Waals surface area (Å²) < 4.78 is 1.17. The van der Waals surface area contributed by atoms with E-state index >= 15 is 0 Å². The summed E-state index contributed by atoms with van der Waals surface area (Å²) in [6.45, 7) is 1.85. The largest absolute Gasteiger partial charge is 0.295 e. The minimum atomic E-state index is 0.885. The van der Waals surface area contributed by atoms with E-state index in [1.54, 1.807) is 11.3 Å². The molecule has 0 amide bonds. The molecule has 0 fully saturated rings. The van der Waals surface area contributed by atoms with Crippen molar-refractivity contribution in [1.29, 1.82) is 0 Å². The van der Waals surface area contributed by atoms with Crippen molar-refractivity contribution < 1.29 is 0 Å². The van der Waals surface area contributed by atoms with E-state index in [4.69, 9.17) is 0 Å². The van der Waals surface area contributed by atoms with Crippen molar-refractivity contribution in [2.45, 2.75) is 13.1 Å². The van der Waals surface area contributed by atoms with E-state index in [0.717, 1.165) is 18.8 Å². The molecule has 16 heavy (non-hydrogen) atoms. The Hall–Kier alpha value is -0.710. The molecule has 2 rings (SSSR count). The number of halogens is 1. The van der Waals surface area contributed by atoms with E-state index in [2.05, 4.69) is 50.4 Å². The van der Waals surface area contributed by atoms with Gasteiger partial charge in [-0.05, 0) is 41.2 Å². The maximum Gasteiger partial charge on any atom is 0.0543 e. The molecule has 0 aliphatic rings. The highest BCUT2D eigenvalue weighted by Gasteiger charge is 2.04. The van der Waals surface area contributed by atoms with Crippen LogP contribution in [0.3, 0.4) is 0 Å². The highest BCUT2D eigenvalue weighted by atomic mass is 79.9. The lowest BCUT2D eigenvalue weighted by Gasteiger charge is -2.14. The molecular weight excluding hydrogens is 284 g/mol. The van der Waals surface area contributed by atoms with Gasteiger partial charge in [-0.15, -0.1) is 11.3 Å². The number of hydrogen-bond donors (Lipinski definition) is 0. The van der Waals surface area contributed by atoms with Crippen LogP contribution >= 0.6 is 27.3 Å². The molecule has 0 bridgehead atoms. The molecule has 4 heteroatoms. The van der Waals surface area contributed by atoms with Crippen LogP contribution in [0.2, 0.25) is 0 Å². The third-order valence-corrected chi connectivity index (χ3v) is 3.89. The van der Waals surface area contributed by atoms with Gasteiger partial charge in [0, 0.05) is 34.0 Å². The Morgan fingerprint density at radius 2 is 2.25 bits per heavy atom. The van der Waals surface area contributed by atoms with Crippen molar-refractivity contribution >= 4 is 27.3 Å². The van der Waals surface area contributed by atoms with Crippen LogP contribution in [0, 0.1) is 0 Å². The van der Waals surface area contributed by atoms with Crippen LogP contribution in [0.15, 0.2) is 40.3 Å². The highest BCUT2D eigenvalue weighted by Crippen LogP contribution is 2.21. The molecule has 0 atom stereocenters. The molecule has 2 heterocycles. The molecule has 2 aromatic heterocycles. The molecule has 0 saturated carbocycles. The first kappa shape index (κ1) is 11.8. The zero-order valence-corrected chi connectivity index (χ0v) is 11.5. The molecule has 0 unspecified atom stereocenters. The van der Waals surface area contributed by atoms with Gasteiger partial charge in [0.15, 0.2) is 0 Å². The topological polar surface area (TPSA) is 16.1 Å². The predicted octanol–water partition coefficient (Wildman–Crippen LogP) is 3.54. The molecule has 0 radical (unpaired) electrons. The minimum absolute atomic E-state index is 0.885. The summed E-state index contributed by atoms with van der Waals surface area (Å²) in [7, 11) is 2.11. The molecular formula is C12H13BrN2S. The SMILES string of the molecule is CN(Cc1ccccn1)Cc1cc(Br)cs1. The first-order valence-electron chi connectivity index (χ1n) is 5.05. The third-order valence-electron chi connectivity index (χ3n) is 2.21. The lowest BCUT2D eigenvalue weighted by atomic mass is 10.3. The van der Waals surface area contributed by atoms with E-state index in [1.165, 1.54) is 9.35 Å². The van der Waals surface area contributed by atoms with Gasteiger partial charge in [-0.3, -0.25) is 9.88 Å². The number of aromatic nitrogens is 1. The maximum atomic E-state index is 4.32. The normalized spacial score (nSPS) is 10.9. The Morgan fingerprint density at radius 1 is 1.38 bits per heavy atom. The van der Waals surface area contributed by atoms with Crippen LogP contribution in [-0.4, -0.2) is 16.9 Å². The van der Waals surface area contributed by atoms with Crippen molar-refractivity contribution in [3.63, 3.8) is 0 Å². The van der Waals surface area contributed by atoms with Gasteiger partial charge < -0.3 is 0 Å². The summed E-state index contributed by atoms with van der Waals surface area (Å²) in [6.07, 6.45) is 1.84. The van der Waals surface area contributed by atoms with Gasteiger partial charge in [-0.1, -0.05) is 6.07 Å². The Balaban J connectivity index is 1.92. The average molecular weight is 297 g/mol. The van der Waals surface area contributed by atoms with Crippen molar-refractivity contribution in [3.8, 4) is 0 Å². The van der Waals surface area contributed by atoms with Gasteiger partial charge in [0.1, 0.15) is 0 Å². The number of hydrogen-bond acceptors (Lipinski definition) is 3. The molecule has 0 saturated heterocycles. The second kappa shape index (κ2) is 5.57. The van der Waals surface area contributed by atoms with E-state index in [1.807, 2.05) is 18.3 Å². The fourth-order valence-electron chi connectivity index (χ4n) is 1.53. The van der Waals surface area contributed by atoms with E-state index in [0.29, 0.717) is 0 Å². The number of pyridine rings is 1. The highest BCUT2D eigenvalue weighted by molar-refractivity contribution is 9.10. The summed E-state index contributed by atoms with van der Waals surface area (Å²) in [6, 6.07) is 8.19. The number of nitrogens with zero attached hydrogens (tertiary/aromatic N) is 2. The zero-order chi connectivity index (χ0) is 11.4. The summed E-state index contributed by atoms with van der Waals surface area (Å²) in [5.41, 5.74) is 1.11. The monoisotopic (exact) mass is 296 g/mol. The number of thiophene rings is 1. The smallest absolute Gasteiger partial charge is 0.0543 e. The van der Waals surface area contributed by atoms with Crippen LogP contribution in [0.25, 0.3) is 0 Å². The van der Waals surface area contributed by atoms with E-state index in [-0.39, 0.29) is 0 Å². The summed E-state index contributed by atoms with van der Waals surface area (Å²) >= 11 is 5.25. The first-order chi connectivity index (χ1) is 7.74. The van der Waals surface area contributed by atoms with Gasteiger partial charge >= 0.3 is 0 Å². The van der Waals surface area contributed by atoms with E-state index in [9.17, 15) is 0 Å². The van der Waals surface area contributed by atoms with Gasteiger partial charge in [-0.2, -0.15) is 0 Å². The molecule has 2 nitrogen and oxygen atoms in total. The first-order valence-corrected chi connectivity index (χ1v) is 6.72. The Kier molecular flexibility index (Phi) is 4.09. The zero-order valence-electron chi connectivity index (χ0n) is 9.06. The maximum absolute atomic E-state index is 4.32. The summed E-state index contributed by atoms with van der Waals surface area (Å²) in [5, 5.41) is 2.12. The van der Waals surface area contributed by atoms with Gasteiger partial charge in [-0.25, -0.2) is 0 Å². The van der Waals surface area contributed by atoms with Crippen LogP contribution in [-0.2, 0) is 13.1 Å². The van der Waals surface area contributed by atoms with Crippen LogP contribution in [0.5, 0.6) is 0 Å². The quantitative estimate of drug-likeness (QED) is 0.858. The van der Waals surface area contributed by atoms with Crippen molar-refractivity contribution in [3.05, 3.63) is 50.9 Å². The molecule has 2 aromatic rings.